The van der Waals surface area contributed by atoms with Crippen molar-refractivity contribution < 1.29 is 0 Å². The van der Waals surface area contributed by atoms with E-state index >= 15 is 0 Å². The number of rotatable bonds is 1. The monoisotopic (exact) mass is 186 g/mol. The molecular formula is C12H14N2. The lowest BCUT2D eigenvalue weighted by molar-refractivity contribution is 0.454. The van der Waals surface area contributed by atoms with E-state index in [-0.39, 0.29) is 0 Å². The molecule has 3 rings (SSSR count). The number of benzene rings is 1. The number of amidine groups is 1. The van der Waals surface area contributed by atoms with Crippen LogP contribution < -0.4 is 0 Å². The Labute approximate surface area is 84.3 Å². The zero-order valence-corrected chi connectivity index (χ0v) is 8.19. The summed E-state index contributed by atoms with van der Waals surface area (Å²) in [5.74, 6) is 1.33. The smallest absolute Gasteiger partial charge is 0.0998 e. The fraction of sp³-hybridized carbons (Fsp3) is 0.417. The van der Waals surface area contributed by atoms with Gasteiger partial charge in [-0.2, -0.15) is 0 Å². The second kappa shape index (κ2) is 3.12. The molecule has 1 aromatic carbocycles. The zero-order chi connectivity index (χ0) is 9.38. The highest BCUT2D eigenvalue weighted by Gasteiger charge is 2.28. The molecule has 14 heavy (non-hydrogen) atoms. The molecule has 0 amide bonds. The molecule has 2 heteroatoms. The minimum absolute atomic E-state index is 0.395. The molecule has 72 valence electrons. The van der Waals surface area contributed by atoms with Crippen molar-refractivity contribution in [2.75, 3.05) is 13.1 Å². The van der Waals surface area contributed by atoms with Crippen LogP contribution in [-0.4, -0.2) is 23.8 Å². The van der Waals surface area contributed by atoms with Gasteiger partial charge >= 0.3 is 0 Å². The normalized spacial score (nSPS) is 25.0. The van der Waals surface area contributed by atoms with Crippen LogP contribution in [0, 0.1) is 0 Å². The van der Waals surface area contributed by atoms with Crippen LogP contribution in [0.5, 0.6) is 0 Å². The Bertz CT molecular complexity index is 356. The summed E-state index contributed by atoms with van der Waals surface area (Å²) in [6.07, 6.45) is 2.48. The van der Waals surface area contributed by atoms with E-state index in [1.165, 1.54) is 30.8 Å². The van der Waals surface area contributed by atoms with Crippen molar-refractivity contribution in [3.63, 3.8) is 0 Å². The number of hydrogen-bond donors (Lipinski definition) is 0. The fourth-order valence-electron chi connectivity index (χ4n) is 2.34. The van der Waals surface area contributed by atoms with E-state index < -0.39 is 0 Å². The first-order chi connectivity index (χ1) is 6.93. The van der Waals surface area contributed by atoms with Gasteiger partial charge in [-0.25, -0.2) is 0 Å². The van der Waals surface area contributed by atoms with Crippen molar-refractivity contribution in [2.24, 2.45) is 4.99 Å². The van der Waals surface area contributed by atoms with Gasteiger partial charge in [0.15, 0.2) is 0 Å². The fourth-order valence-corrected chi connectivity index (χ4v) is 2.34. The Morgan fingerprint density at radius 2 is 2.07 bits per heavy atom. The molecule has 1 aromatic rings. The van der Waals surface area contributed by atoms with Crippen LogP contribution in [0.4, 0.5) is 0 Å². The van der Waals surface area contributed by atoms with Crippen molar-refractivity contribution in [1.29, 1.82) is 0 Å². The first kappa shape index (κ1) is 8.04. The lowest BCUT2D eigenvalue weighted by Crippen LogP contribution is -2.21. The molecule has 1 fully saturated rings. The van der Waals surface area contributed by atoms with Crippen LogP contribution in [-0.2, 0) is 0 Å². The van der Waals surface area contributed by atoms with E-state index in [0.717, 1.165) is 6.54 Å². The highest BCUT2D eigenvalue weighted by molar-refractivity contribution is 5.85. The van der Waals surface area contributed by atoms with Crippen LogP contribution in [0.3, 0.4) is 0 Å². The van der Waals surface area contributed by atoms with E-state index in [1.807, 2.05) is 0 Å². The molecule has 0 radical (unpaired) electrons. The van der Waals surface area contributed by atoms with Crippen LogP contribution in [0.25, 0.3) is 0 Å². The highest BCUT2D eigenvalue weighted by Crippen LogP contribution is 2.29. The summed E-state index contributed by atoms with van der Waals surface area (Å²) < 4.78 is 0. The molecule has 1 atom stereocenters. The topological polar surface area (TPSA) is 15.6 Å². The summed E-state index contributed by atoms with van der Waals surface area (Å²) in [7, 11) is 0. The third-order valence-corrected chi connectivity index (χ3v) is 3.08. The molecule has 0 spiro atoms. The Balaban J connectivity index is 1.87. The maximum absolute atomic E-state index is 4.76. The molecule has 2 nitrogen and oxygen atoms in total. The molecule has 0 aliphatic carbocycles. The zero-order valence-electron chi connectivity index (χ0n) is 8.19. The number of hydrogen-bond acceptors (Lipinski definition) is 2. The molecule has 0 bridgehead atoms. The van der Waals surface area contributed by atoms with Crippen molar-refractivity contribution in [2.45, 2.75) is 18.9 Å². The number of nitrogens with zero attached hydrogens (tertiary/aromatic N) is 2. The van der Waals surface area contributed by atoms with Crippen LogP contribution in [0.2, 0.25) is 0 Å². The van der Waals surface area contributed by atoms with Gasteiger partial charge in [-0.15, -0.1) is 0 Å². The molecule has 2 aliphatic rings. The van der Waals surface area contributed by atoms with Gasteiger partial charge in [0.05, 0.1) is 11.9 Å². The summed E-state index contributed by atoms with van der Waals surface area (Å²) in [6.45, 7) is 2.31. The predicted octanol–water partition coefficient (Wildman–Crippen LogP) is 2.24. The second-order valence-corrected chi connectivity index (χ2v) is 4.02. The standard InChI is InChI=1S/C12H14N2/c1-2-5-10(6-3-1)11-9-14-8-4-7-12(14)13-11/h1-3,5-6,11H,4,7-9H2. The minimum atomic E-state index is 0.395. The molecule has 0 saturated carbocycles. The van der Waals surface area contributed by atoms with Crippen LogP contribution in [0.15, 0.2) is 35.3 Å². The van der Waals surface area contributed by atoms with Crippen molar-refractivity contribution in [3.05, 3.63) is 35.9 Å². The van der Waals surface area contributed by atoms with Crippen molar-refractivity contribution >= 4 is 5.84 Å². The summed E-state index contributed by atoms with van der Waals surface area (Å²) in [5, 5.41) is 0. The van der Waals surface area contributed by atoms with E-state index in [9.17, 15) is 0 Å². The quantitative estimate of drug-likeness (QED) is 0.656. The molecule has 0 N–H and O–H groups in total. The van der Waals surface area contributed by atoms with Gasteiger partial charge in [0, 0.05) is 19.5 Å². The lowest BCUT2D eigenvalue weighted by Gasteiger charge is -2.13. The predicted molar refractivity (Wildman–Crippen MR) is 57.4 cm³/mol. The van der Waals surface area contributed by atoms with E-state index in [1.54, 1.807) is 0 Å². The first-order valence-corrected chi connectivity index (χ1v) is 5.30. The van der Waals surface area contributed by atoms with E-state index in [0.29, 0.717) is 6.04 Å². The number of fused-ring (bicyclic) bond motifs is 1. The van der Waals surface area contributed by atoms with E-state index in [4.69, 9.17) is 4.99 Å². The van der Waals surface area contributed by atoms with Gasteiger partial charge in [0.1, 0.15) is 0 Å². The molecule has 2 aliphatic heterocycles. The van der Waals surface area contributed by atoms with Gasteiger partial charge in [-0.05, 0) is 12.0 Å². The molecule has 1 saturated heterocycles. The van der Waals surface area contributed by atoms with Gasteiger partial charge < -0.3 is 4.90 Å². The molecular weight excluding hydrogens is 172 g/mol. The maximum Gasteiger partial charge on any atom is 0.0998 e. The van der Waals surface area contributed by atoms with Crippen LogP contribution >= 0.6 is 0 Å². The average Bonchev–Trinajstić information content (AvgIpc) is 2.78. The lowest BCUT2D eigenvalue weighted by atomic mass is 10.1. The summed E-state index contributed by atoms with van der Waals surface area (Å²) in [4.78, 5) is 7.19. The third kappa shape index (κ3) is 1.22. The SMILES string of the molecule is c1ccc(C2CN3CCCC3=N2)cc1. The van der Waals surface area contributed by atoms with Crippen LogP contribution in [0.1, 0.15) is 24.4 Å². The third-order valence-electron chi connectivity index (χ3n) is 3.08. The average molecular weight is 186 g/mol. The molecule has 2 heterocycles. The second-order valence-electron chi connectivity index (χ2n) is 4.02. The molecule has 1 unspecified atom stereocenters. The van der Waals surface area contributed by atoms with Crippen molar-refractivity contribution in [3.8, 4) is 0 Å². The Kier molecular flexibility index (Phi) is 1.79. The Morgan fingerprint density at radius 1 is 1.21 bits per heavy atom. The minimum Gasteiger partial charge on any atom is -0.358 e. The maximum atomic E-state index is 4.76. The summed E-state index contributed by atoms with van der Waals surface area (Å²) in [5.41, 5.74) is 1.36. The first-order valence-electron chi connectivity index (χ1n) is 5.30. The summed E-state index contributed by atoms with van der Waals surface area (Å²) in [6, 6.07) is 11.0. The Morgan fingerprint density at radius 3 is 2.86 bits per heavy atom. The van der Waals surface area contributed by atoms with Gasteiger partial charge in [0.2, 0.25) is 0 Å². The largest absolute Gasteiger partial charge is 0.358 e. The highest BCUT2D eigenvalue weighted by atomic mass is 15.3. The summed E-state index contributed by atoms with van der Waals surface area (Å²) >= 11 is 0. The number of aliphatic imine (C=N–C) groups is 1. The Hall–Kier alpha value is -1.31. The van der Waals surface area contributed by atoms with Gasteiger partial charge in [-0.1, -0.05) is 30.3 Å². The molecule has 0 aromatic heterocycles. The van der Waals surface area contributed by atoms with Gasteiger partial charge in [0.25, 0.3) is 0 Å². The van der Waals surface area contributed by atoms with E-state index in [2.05, 4.69) is 35.2 Å². The van der Waals surface area contributed by atoms with Gasteiger partial charge in [-0.3, -0.25) is 4.99 Å². The van der Waals surface area contributed by atoms with Crippen molar-refractivity contribution in [1.82, 2.24) is 4.90 Å².